The molecule has 2 aromatic heterocycles. The fraction of sp³-hybridized carbons (Fsp3) is 0.682. The van der Waals surface area contributed by atoms with Crippen LogP contribution in [0.5, 0.6) is 0 Å². The Morgan fingerprint density at radius 2 is 1.12 bits per heavy atom. The van der Waals surface area contributed by atoms with Crippen molar-refractivity contribution in [1.82, 2.24) is 30.2 Å². The minimum atomic E-state index is -4.63. The number of ether oxygens (including phenoxy) is 2. The second-order valence-corrected chi connectivity index (χ2v) is 21.0. The molecule has 2 aliphatic heterocycles. The van der Waals surface area contributed by atoms with E-state index in [4.69, 9.17) is 14.6 Å². The molecular formula is C44H64F6N8O9S2. The number of anilines is 2. The van der Waals surface area contributed by atoms with Gasteiger partial charge in [-0.05, 0) is 97.0 Å². The fourth-order valence-electron chi connectivity index (χ4n) is 6.53. The lowest BCUT2D eigenvalue weighted by atomic mass is 9.87. The molecule has 0 bridgehead atoms. The van der Waals surface area contributed by atoms with Crippen molar-refractivity contribution in [2.45, 2.75) is 143 Å². The lowest BCUT2D eigenvalue weighted by Crippen LogP contribution is -2.56. The molecule has 2 saturated heterocycles. The van der Waals surface area contributed by atoms with Gasteiger partial charge in [0.2, 0.25) is 20.3 Å². The largest absolute Gasteiger partial charge is 0.478 e. The highest BCUT2D eigenvalue weighted by atomic mass is 32.1. The summed E-state index contributed by atoms with van der Waals surface area (Å²) < 4.78 is 84.4. The van der Waals surface area contributed by atoms with E-state index in [1.807, 2.05) is 27.7 Å². The first kappa shape index (κ1) is 59.9. The normalized spacial score (nSPS) is 17.2. The molecule has 0 unspecified atom stereocenters. The molecule has 3 amide bonds. The molecule has 4 rings (SSSR count). The SMILES string of the molecule is CC(C)C[C@@H](/C=C/C(=O)N(C)c1nnc(C(F)(F)F)s1)CC(=O)[C@@H]1CCN1C(=O)OC(C)(C)C.CC(C)C[C@@H](/C=C/C(=O)O)CC(=O)[C@@H]1CCN1C(=O)OC(C)(C)C.CNc1nnc(C(F)(F)F)s1. The number of hydrogen-bond donors (Lipinski definition) is 2. The zero-order valence-corrected chi connectivity index (χ0v) is 42.5. The summed E-state index contributed by atoms with van der Waals surface area (Å²) in [5.74, 6) is -1.57. The Balaban J connectivity index is 0.000000402. The highest BCUT2D eigenvalue weighted by Crippen LogP contribution is 2.35. The monoisotopic (exact) mass is 1030 g/mol. The number of nitrogens with one attached hydrogen (secondary N) is 1. The fourth-order valence-corrected chi connectivity index (χ4v) is 7.77. The van der Waals surface area contributed by atoms with Crippen molar-refractivity contribution >= 4 is 68.6 Å². The summed E-state index contributed by atoms with van der Waals surface area (Å²) >= 11 is 0.755. The minimum absolute atomic E-state index is 0.0344. The molecular weight excluding hydrogens is 963 g/mol. The summed E-state index contributed by atoms with van der Waals surface area (Å²) in [6.07, 6.45) is -1.59. The van der Waals surface area contributed by atoms with Crippen molar-refractivity contribution in [1.29, 1.82) is 0 Å². The number of likely N-dealkylation sites (tertiary alicyclic amines) is 2. The summed E-state index contributed by atoms with van der Waals surface area (Å²) in [5.41, 5.74) is -1.26. The van der Waals surface area contributed by atoms with Crippen LogP contribution >= 0.6 is 22.7 Å². The van der Waals surface area contributed by atoms with Crippen molar-refractivity contribution in [3.63, 3.8) is 0 Å². The maximum atomic E-state index is 12.9. The second kappa shape index (κ2) is 25.6. The van der Waals surface area contributed by atoms with Gasteiger partial charge in [-0.3, -0.25) is 29.1 Å². The third-order valence-electron chi connectivity index (χ3n) is 9.69. The first-order valence-electron chi connectivity index (χ1n) is 22.0. The van der Waals surface area contributed by atoms with E-state index >= 15 is 0 Å². The van der Waals surface area contributed by atoms with Gasteiger partial charge in [-0.15, -0.1) is 20.4 Å². The Bertz CT molecular complexity index is 2110. The molecule has 17 nitrogen and oxygen atoms in total. The number of hydrogen-bond acceptors (Lipinski definition) is 15. The average Bonchev–Trinajstić information content (AvgIpc) is 3.85. The molecule has 69 heavy (non-hydrogen) atoms. The molecule has 4 heterocycles. The van der Waals surface area contributed by atoms with Crippen LogP contribution in [0.2, 0.25) is 0 Å². The van der Waals surface area contributed by atoms with Crippen LogP contribution in [0.3, 0.4) is 0 Å². The molecule has 2 aliphatic rings. The van der Waals surface area contributed by atoms with Crippen LogP contribution in [-0.2, 0) is 41.0 Å². The Hall–Kier alpha value is -5.20. The van der Waals surface area contributed by atoms with Gasteiger partial charge in [0, 0.05) is 46.1 Å². The highest BCUT2D eigenvalue weighted by Gasteiger charge is 2.42. The van der Waals surface area contributed by atoms with Gasteiger partial charge in [0.05, 0.1) is 12.1 Å². The molecule has 2 fully saturated rings. The van der Waals surface area contributed by atoms with Crippen molar-refractivity contribution in [2.24, 2.45) is 23.7 Å². The van der Waals surface area contributed by atoms with Crippen molar-refractivity contribution in [2.75, 3.05) is 37.4 Å². The first-order valence-corrected chi connectivity index (χ1v) is 23.7. The number of rotatable bonds is 16. The topological polar surface area (TPSA) is 214 Å². The summed E-state index contributed by atoms with van der Waals surface area (Å²) in [7, 11) is 2.80. The number of carbonyl (C=O) groups is 6. The van der Waals surface area contributed by atoms with Crippen LogP contribution < -0.4 is 10.2 Å². The van der Waals surface area contributed by atoms with E-state index in [0.29, 0.717) is 49.6 Å². The number of likely N-dealkylation sites (N-methyl/N-ethyl adjacent to an activating group) is 1. The molecule has 0 saturated carbocycles. The summed E-state index contributed by atoms with van der Waals surface area (Å²) in [5, 5.41) is 21.9. The van der Waals surface area contributed by atoms with Crippen LogP contribution in [0.4, 0.5) is 46.2 Å². The van der Waals surface area contributed by atoms with E-state index < -0.39 is 69.7 Å². The molecule has 2 N–H and O–H groups in total. The maximum absolute atomic E-state index is 12.9. The third-order valence-corrected chi connectivity index (χ3v) is 11.7. The van der Waals surface area contributed by atoms with Gasteiger partial charge >= 0.3 is 30.5 Å². The zero-order chi connectivity index (χ0) is 52.8. The van der Waals surface area contributed by atoms with Crippen LogP contribution in [0.25, 0.3) is 0 Å². The number of aromatic nitrogens is 4. The van der Waals surface area contributed by atoms with Gasteiger partial charge in [-0.25, -0.2) is 14.4 Å². The van der Waals surface area contributed by atoms with Gasteiger partial charge in [0.15, 0.2) is 11.6 Å². The van der Waals surface area contributed by atoms with E-state index in [-0.39, 0.29) is 63.8 Å². The summed E-state index contributed by atoms with van der Waals surface area (Å²) in [6.45, 7) is 19.6. The number of aliphatic carboxylic acids is 1. The lowest BCUT2D eigenvalue weighted by Gasteiger charge is -2.40. The van der Waals surface area contributed by atoms with E-state index in [2.05, 4.69) is 25.7 Å². The minimum Gasteiger partial charge on any atom is -0.478 e. The number of Topliss-reactive ketones (excluding diaryl/α,β-unsaturated/α-hetero) is 2. The number of carboxylic acid groups (broad SMARTS) is 1. The standard InChI is InChI=1S/C22H31F3N4O4S.C18H29NO5.C4H4F3N3S/c1-13(2)11-14(12-16(30)15-9-10-29(15)20(32)33-21(3,4)5)7-8-17(31)28(6)19-27-26-18(34-19)22(23,24)25;1-12(2)10-13(6-7-16(21)22)11-15(20)14-8-9-19(14)17(23)24-18(3,4)5;1-8-3-10-9-2(11-3)4(5,6)7/h7-8,13-15H,9-12H2,1-6H3;6-7,12-14H,8-11H2,1-5H3,(H,21,22);1H3,(H,8,10)/b8-7+;7-6+;/t14-,15+;13-,14+;/m11./s1. The van der Waals surface area contributed by atoms with Crippen LogP contribution in [-0.4, -0.2) is 121 Å². The average molecular weight is 1030 g/mol. The van der Waals surface area contributed by atoms with Crippen LogP contribution in [0.1, 0.15) is 118 Å². The van der Waals surface area contributed by atoms with Gasteiger partial charge in [-0.1, -0.05) is 62.5 Å². The zero-order valence-electron chi connectivity index (χ0n) is 40.9. The van der Waals surface area contributed by atoms with E-state index in [1.165, 1.54) is 30.0 Å². The second-order valence-electron chi connectivity index (χ2n) is 19.1. The number of amides is 3. The molecule has 25 heteroatoms. The van der Waals surface area contributed by atoms with Crippen LogP contribution in [0, 0.1) is 23.7 Å². The molecule has 0 aliphatic carbocycles. The van der Waals surface area contributed by atoms with Crippen molar-refractivity contribution in [3.8, 4) is 0 Å². The molecule has 2 aromatic rings. The number of halogens is 6. The number of alkyl halides is 6. The lowest BCUT2D eigenvalue weighted by molar-refractivity contribution is -0.138. The predicted molar refractivity (Wildman–Crippen MR) is 247 cm³/mol. The summed E-state index contributed by atoms with van der Waals surface area (Å²) in [6, 6.07) is -1.01. The maximum Gasteiger partial charge on any atom is 0.445 e. The van der Waals surface area contributed by atoms with E-state index in [0.717, 1.165) is 17.4 Å². The first-order chi connectivity index (χ1) is 31.6. The number of carbonyl (C=O) groups excluding carboxylic acids is 5. The van der Waals surface area contributed by atoms with Gasteiger partial charge in [0.25, 0.3) is 5.91 Å². The molecule has 0 radical (unpaired) electrons. The number of nitrogens with zero attached hydrogens (tertiary/aromatic N) is 7. The molecule has 0 aromatic carbocycles. The Kier molecular flexibility index (Phi) is 22.2. The van der Waals surface area contributed by atoms with Crippen LogP contribution in [0.15, 0.2) is 24.3 Å². The third kappa shape index (κ3) is 21.1. The van der Waals surface area contributed by atoms with Crippen molar-refractivity contribution < 1.29 is 69.7 Å². The molecule has 0 spiro atoms. The smallest absolute Gasteiger partial charge is 0.445 e. The number of carboxylic acids is 1. The Morgan fingerprint density at radius 3 is 1.42 bits per heavy atom. The summed E-state index contributed by atoms with van der Waals surface area (Å²) in [4.78, 5) is 76.9. The van der Waals surface area contributed by atoms with Gasteiger partial charge < -0.3 is 19.9 Å². The van der Waals surface area contributed by atoms with Crippen molar-refractivity contribution in [3.05, 3.63) is 34.3 Å². The van der Waals surface area contributed by atoms with Gasteiger partial charge in [-0.2, -0.15) is 26.3 Å². The van der Waals surface area contributed by atoms with E-state index in [9.17, 15) is 55.1 Å². The molecule has 4 atom stereocenters. The number of ketones is 2. The van der Waals surface area contributed by atoms with E-state index in [1.54, 1.807) is 53.7 Å². The Morgan fingerprint density at radius 1 is 0.710 bits per heavy atom. The predicted octanol–water partition coefficient (Wildman–Crippen LogP) is 9.56. The Labute approximate surface area is 406 Å². The quantitative estimate of drug-likeness (QED) is 0.118. The number of allylic oxidation sites excluding steroid dienone is 2. The highest BCUT2D eigenvalue weighted by molar-refractivity contribution is 7.15. The van der Waals surface area contributed by atoms with Gasteiger partial charge in [0.1, 0.15) is 11.2 Å². The molecule has 388 valence electrons.